The van der Waals surface area contributed by atoms with E-state index in [1.165, 1.54) is 11.8 Å². The minimum absolute atomic E-state index is 0.183. The van der Waals surface area contributed by atoms with E-state index >= 15 is 0 Å². The summed E-state index contributed by atoms with van der Waals surface area (Å²) in [6.45, 7) is 4.24. The van der Waals surface area contributed by atoms with Gasteiger partial charge in [-0.2, -0.15) is 0 Å². The third-order valence-electron chi connectivity index (χ3n) is 3.68. The maximum atomic E-state index is 12.6. The fraction of sp³-hybridized carbons (Fsp3) is 0.250. The van der Waals surface area contributed by atoms with Crippen LogP contribution in [-0.2, 0) is 13.6 Å². The van der Waals surface area contributed by atoms with Gasteiger partial charge >= 0.3 is 7.60 Å². The largest absolute Gasteiger partial charge is 0.340 e. The van der Waals surface area contributed by atoms with Crippen LogP contribution in [0, 0.1) is 11.8 Å². The normalized spacial score (nSPS) is 11.4. The highest BCUT2D eigenvalue weighted by Crippen LogP contribution is 2.51. The Morgan fingerprint density at radius 3 is 2.54 bits per heavy atom. The summed E-state index contributed by atoms with van der Waals surface area (Å²) in [5.41, 5.74) is 3.34. The lowest BCUT2D eigenvalue weighted by atomic mass is 10.1. The topological polar surface area (TPSA) is 64.2 Å². The average molecular weight is 435 g/mol. The minimum atomic E-state index is -3.14. The highest BCUT2D eigenvalue weighted by molar-refractivity contribution is 8.04. The van der Waals surface area contributed by atoms with Crippen molar-refractivity contribution in [2.75, 3.05) is 18.7 Å². The summed E-state index contributed by atoms with van der Waals surface area (Å²) < 4.78 is 23.2. The van der Waals surface area contributed by atoms with Gasteiger partial charge < -0.3 is 14.0 Å². The van der Waals surface area contributed by atoms with Gasteiger partial charge in [-0.15, -0.1) is 0 Å². The van der Waals surface area contributed by atoms with Gasteiger partial charge in [0.2, 0.25) is 0 Å². The lowest BCUT2D eigenvalue weighted by molar-refractivity contribution is 0.224. The van der Waals surface area contributed by atoms with Crippen molar-refractivity contribution in [2.24, 2.45) is 0 Å². The van der Waals surface area contributed by atoms with Crippen molar-refractivity contribution >= 4 is 42.0 Å². The zero-order chi connectivity index (χ0) is 20.0. The summed E-state index contributed by atoms with van der Waals surface area (Å²) >= 11 is 7.67. The number of rotatable bonds is 7. The van der Waals surface area contributed by atoms with Gasteiger partial charge in [-0.3, -0.25) is 4.57 Å². The van der Waals surface area contributed by atoms with Gasteiger partial charge in [-0.1, -0.05) is 53.4 Å². The molecule has 0 aliphatic carbocycles. The zero-order valence-corrected chi connectivity index (χ0v) is 18.0. The van der Waals surface area contributed by atoms with Gasteiger partial charge in [0.25, 0.3) is 0 Å². The first kappa shape index (κ1) is 21.0. The van der Waals surface area contributed by atoms with Crippen LogP contribution in [0.1, 0.15) is 25.0 Å². The molecule has 3 aromatic rings. The predicted molar refractivity (Wildman–Crippen MR) is 115 cm³/mol. The SMILES string of the molecule is CCOP(=O)(CSc1nc2cc(C#Cc3ccccc3)c(Cl)cc2[nH]1)OCC. The highest BCUT2D eigenvalue weighted by Gasteiger charge is 2.24. The van der Waals surface area contributed by atoms with Crippen LogP contribution in [0.25, 0.3) is 11.0 Å². The van der Waals surface area contributed by atoms with Crippen LogP contribution in [0.4, 0.5) is 0 Å². The molecule has 8 heteroatoms. The van der Waals surface area contributed by atoms with Crippen molar-refractivity contribution < 1.29 is 13.6 Å². The van der Waals surface area contributed by atoms with Gasteiger partial charge in [0.1, 0.15) is 5.49 Å². The molecule has 3 rings (SSSR count). The van der Waals surface area contributed by atoms with E-state index in [1.807, 2.05) is 36.4 Å². The van der Waals surface area contributed by atoms with E-state index in [0.29, 0.717) is 29.0 Å². The number of fused-ring (bicyclic) bond motifs is 1. The molecule has 0 saturated heterocycles. The lowest BCUT2D eigenvalue weighted by Crippen LogP contribution is -1.98. The van der Waals surface area contributed by atoms with Gasteiger partial charge in [0.15, 0.2) is 5.16 Å². The van der Waals surface area contributed by atoms with E-state index in [4.69, 9.17) is 20.6 Å². The van der Waals surface area contributed by atoms with Crippen molar-refractivity contribution in [3.8, 4) is 11.8 Å². The summed E-state index contributed by atoms with van der Waals surface area (Å²) in [5.74, 6) is 6.19. The molecule has 0 aliphatic rings. The Kier molecular flexibility index (Phi) is 7.23. The Bertz CT molecular complexity index is 1050. The van der Waals surface area contributed by atoms with Gasteiger partial charge in [0.05, 0.1) is 29.3 Å². The van der Waals surface area contributed by atoms with Gasteiger partial charge in [-0.25, -0.2) is 4.98 Å². The summed E-state index contributed by atoms with van der Waals surface area (Å²) in [7, 11) is -3.14. The van der Waals surface area contributed by atoms with E-state index in [2.05, 4.69) is 21.8 Å². The second-order valence-electron chi connectivity index (χ2n) is 5.73. The molecule has 0 unspecified atom stereocenters. The van der Waals surface area contributed by atoms with Crippen LogP contribution in [0.15, 0.2) is 47.6 Å². The Morgan fingerprint density at radius 1 is 1.14 bits per heavy atom. The molecule has 2 aromatic carbocycles. The number of nitrogens with zero attached hydrogens (tertiary/aromatic N) is 1. The maximum absolute atomic E-state index is 12.6. The van der Waals surface area contributed by atoms with Gasteiger partial charge in [0, 0.05) is 11.1 Å². The first-order valence-corrected chi connectivity index (χ1v) is 11.9. The van der Waals surface area contributed by atoms with E-state index in [-0.39, 0.29) is 5.49 Å². The smallest absolute Gasteiger partial charge is 0.333 e. The standard InChI is InChI=1S/C20H20ClN2O3PS/c1-3-25-27(24,26-4-2)14-28-20-22-18-12-16(17(21)13-19(18)23-20)11-10-15-8-6-5-7-9-15/h5-9,12-13H,3-4,14H2,1-2H3,(H,22,23). The molecule has 0 fully saturated rings. The Balaban J connectivity index is 1.80. The van der Waals surface area contributed by atoms with E-state index in [1.54, 1.807) is 19.9 Å². The number of halogens is 1. The molecule has 0 spiro atoms. The predicted octanol–water partition coefficient (Wildman–Crippen LogP) is 5.93. The van der Waals surface area contributed by atoms with Crippen LogP contribution >= 0.6 is 31.0 Å². The molecule has 0 amide bonds. The fourth-order valence-corrected chi connectivity index (χ4v) is 5.61. The number of hydrogen-bond acceptors (Lipinski definition) is 5. The van der Waals surface area contributed by atoms with Crippen LogP contribution in [0.2, 0.25) is 5.02 Å². The second-order valence-corrected chi connectivity index (χ2v) is 9.58. The average Bonchev–Trinajstić information content (AvgIpc) is 3.07. The summed E-state index contributed by atoms with van der Waals surface area (Å²) in [4.78, 5) is 7.72. The van der Waals surface area contributed by atoms with Crippen molar-refractivity contribution in [3.05, 3.63) is 58.6 Å². The molecule has 1 heterocycles. The first-order chi connectivity index (χ1) is 13.5. The fourth-order valence-electron chi connectivity index (χ4n) is 2.48. The number of nitrogens with one attached hydrogen (secondary N) is 1. The quantitative estimate of drug-likeness (QED) is 0.283. The number of hydrogen-bond donors (Lipinski definition) is 1. The zero-order valence-electron chi connectivity index (χ0n) is 15.6. The number of aromatic nitrogens is 2. The molecular weight excluding hydrogens is 415 g/mol. The van der Waals surface area contributed by atoms with Crippen molar-refractivity contribution in [2.45, 2.75) is 19.0 Å². The van der Waals surface area contributed by atoms with E-state index in [9.17, 15) is 4.57 Å². The molecular formula is C20H20ClN2O3PS. The number of imidazole rings is 1. The van der Waals surface area contributed by atoms with Crippen molar-refractivity contribution in [1.29, 1.82) is 0 Å². The van der Waals surface area contributed by atoms with Crippen molar-refractivity contribution in [1.82, 2.24) is 9.97 Å². The molecule has 0 aliphatic heterocycles. The minimum Gasteiger partial charge on any atom is -0.333 e. The summed E-state index contributed by atoms with van der Waals surface area (Å²) in [6.07, 6.45) is 0. The third kappa shape index (κ3) is 5.41. The molecule has 1 aromatic heterocycles. The monoisotopic (exact) mass is 434 g/mol. The molecule has 0 bridgehead atoms. The van der Waals surface area contributed by atoms with Crippen LogP contribution in [0.5, 0.6) is 0 Å². The summed E-state index contributed by atoms with van der Waals surface area (Å²) in [5, 5.41) is 1.17. The van der Waals surface area contributed by atoms with Gasteiger partial charge in [-0.05, 0) is 38.1 Å². The number of thioether (sulfide) groups is 1. The first-order valence-electron chi connectivity index (χ1n) is 8.80. The number of benzene rings is 2. The molecule has 1 N–H and O–H groups in total. The Hall–Kier alpha value is -1.74. The van der Waals surface area contributed by atoms with E-state index < -0.39 is 7.60 Å². The Labute approximate surface area is 173 Å². The summed E-state index contributed by atoms with van der Waals surface area (Å²) in [6, 6.07) is 13.4. The van der Waals surface area contributed by atoms with Crippen LogP contribution in [-0.4, -0.2) is 28.7 Å². The van der Waals surface area contributed by atoms with Crippen LogP contribution in [0.3, 0.4) is 0 Å². The molecule has 0 saturated carbocycles. The Morgan fingerprint density at radius 2 is 1.86 bits per heavy atom. The third-order valence-corrected chi connectivity index (χ3v) is 7.54. The maximum Gasteiger partial charge on any atom is 0.340 e. The van der Waals surface area contributed by atoms with E-state index in [0.717, 1.165) is 16.6 Å². The molecule has 0 radical (unpaired) electrons. The second kappa shape index (κ2) is 9.65. The molecule has 0 atom stereocenters. The molecule has 146 valence electrons. The van der Waals surface area contributed by atoms with Crippen molar-refractivity contribution in [3.63, 3.8) is 0 Å². The molecule has 28 heavy (non-hydrogen) atoms. The number of H-pyrrole nitrogens is 1. The lowest BCUT2D eigenvalue weighted by Gasteiger charge is -2.15. The molecule has 5 nitrogen and oxygen atoms in total. The van der Waals surface area contributed by atoms with Crippen LogP contribution < -0.4 is 0 Å². The highest BCUT2D eigenvalue weighted by atomic mass is 35.5. The number of aromatic amines is 1.